The number of carbonyl (C=O) groups excluding carboxylic acids is 1. The van der Waals surface area contributed by atoms with Crippen LogP contribution in [0, 0.1) is 0 Å². The first-order valence-electron chi connectivity index (χ1n) is 8.29. The molecule has 2 amide bonds. The highest BCUT2D eigenvalue weighted by Gasteiger charge is 2.26. The highest BCUT2D eigenvalue weighted by Crippen LogP contribution is 2.20. The normalized spacial score (nSPS) is 14.9. The number of hydrogen-bond donors (Lipinski definition) is 1. The van der Waals surface area contributed by atoms with Crippen LogP contribution in [0.2, 0.25) is 5.02 Å². The number of halogens is 1. The lowest BCUT2D eigenvalue weighted by Crippen LogP contribution is -2.43. The fraction of sp³-hybridized carbons (Fsp3) is 0.471. The van der Waals surface area contributed by atoms with Crippen molar-refractivity contribution in [3.05, 3.63) is 46.2 Å². The molecule has 1 atom stereocenters. The maximum Gasteiger partial charge on any atom is 0.318 e. The van der Waals surface area contributed by atoms with Crippen LogP contribution < -0.4 is 5.32 Å². The van der Waals surface area contributed by atoms with Gasteiger partial charge in [0, 0.05) is 25.1 Å². The van der Waals surface area contributed by atoms with E-state index in [0.717, 1.165) is 23.4 Å². The summed E-state index contributed by atoms with van der Waals surface area (Å²) in [7, 11) is 1.66. The van der Waals surface area contributed by atoms with Gasteiger partial charge in [0.1, 0.15) is 5.69 Å². The van der Waals surface area contributed by atoms with Gasteiger partial charge in [-0.15, -0.1) is 5.10 Å². The van der Waals surface area contributed by atoms with Crippen LogP contribution in [0.15, 0.2) is 24.3 Å². The van der Waals surface area contributed by atoms with Gasteiger partial charge < -0.3 is 15.0 Å². The Labute approximate surface area is 151 Å². The molecule has 0 bridgehead atoms. The first-order chi connectivity index (χ1) is 12.1. The maximum atomic E-state index is 12.6. The SMILES string of the molecule is COCCn1nnc2c1CCN(C(=O)N[C@H](C)c1cccc(Cl)c1)C2. The summed E-state index contributed by atoms with van der Waals surface area (Å²) < 4.78 is 6.95. The van der Waals surface area contributed by atoms with Crippen LogP contribution in [0.1, 0.15) is 29.9 Å². The summed E-state index contributed by atoms with van der Waals surface area (Å²) in [6.07, 6.45) is 0.741. The molecule has 8 heteroatoms. The van der Waals surface area contributed by atoms with Crippen LogP contribution in [0.3, 0.4) is 0 Å². The van der Waals surface area contributed by atoms with Crippen LogP contribution in [-0.2, 0) is 24.2 Å². The number of methoxy groups -OCH3 is 1. The lowest BCUT2D eigenvalue weighted by atomic mass is 10.1. The van der Waals surface area contributed by atoms with Gasteiger partial charge in [-0.25, -0.2) is 9.48 Å². The van der Waals surface area contributed by atoms with Crippen molar-refractivity contribution in [2.75, 3.05) is 20.3 Å². The molecule has 2 aromatic rings. The fourth-order valence-corrected chi connectivity index (χ4v) is 3.13. The number of amides is 2. The third-order valence-electron chi connectivity index (χ3n) is 4.36. The Kier molecular flexibility index (Phi) is 5.55. The highest BCUT2D eigenvalue weighted by atomic mass is 35.5. The lowest BCUT2D eigenvalue weighted by molar-refractivity contribution is 0.178. The third kappa shape index (κ3) is 4.11. The summed E-state index contributed by atoms with van der Waals surface area (Å²) in [5.74, 6) is 0. The Morgan fingerprint density at radius 1 is 1.48 bits per heavy atom. The molecular formula is C17H22ClN5O2. The van der Waals surface area contributed by atoms with Gasteiger partial charge >= 0.3 is 6.03 Å². The molecule has 0 saturated heterocycles. The molecule has 7 nitrogen and oxygen atoms in total. The van der Waals surface area contributed by atoms with Gasteiger partial charge in [0.15, 0.2) is 0 Å². The van der Waals surface area contributed by atoms with Gasteiger partial charge in [0.05, 0.1) is 31.4 Å². The molecule has 1 aromatic heterocycles. The molecular weight excluding hydrogens is 342 g/mol. The Morgan fingerprint density at radius 3 is 3.08 bits per heavy atom. The van der Waals surface area contributed by atoms with Crippen molar-refractivity contribution in [1.82, 2.24) is 25.2 Å². The first kappa shape index (κ1) is 17.7. The number of benzene rings is 1. The monoisotopic (exact) mass is 363 g/mol. The Hall–Kier alpha value is -2.12. The number of ether oxygens (including phenoxy) is 1. The summed E-state index contributed by atoms with van der Waals surface area (Å²) >= 11 is 6.02. The number of nitrogens with one attached hydrogen (secondary N) is 1. The zero-order chi connectivity index (χ0) is 17.8. The van der Waals surface area contributed by atoms with E-state index in [4.69, 9.17) is 16.3 Å². The summed E-state index contributed by atoms with van der Waals surface area (Å²) in [4.78, 5) is 14.3. The van der Waals surface area contributed by atoms with Gasteiger partial charge in [-0.05, 0) is 24.6 Å². The lowest BCUT2D eigenvalue weighted by Gasteiger charge is -2.28. The van der Waals surface area contributed by atoms with Gasteiger partial charge in [0.2, 0.25) is 0 Å². The van der Waals surface area contributed by atoms with Crippen molar-refractivity contribution in [1.29, 1.82) is 0 Å². The molecule has 1 aliphatic rings. The van der Waals surface area contributed by atoms with E-state index in [1.165, 1.54) is 0 Å². The minimum Gasteiger partial charge on any atom is -0.383 e. The van der Waals surface area contributed by atoms with E-state index in [1.807, 2.05) is 35.9 Å². The van der Waals surface area contributed by atoms with Gasteiger partial charge in [0.25, 0.3) is 0 Å². The summed E-state index contributed by atoms with van der Waals surface area (Å²) in [6.45, 7) is 4.33. The van der Waals surface area contributed by atoms with E-state index in [1.54, 1.807) is 12.0 Å². The molecule has 0 saturated carbocycles. The molecule has 25 heavy (non-hydrogen) atoms. The van der Waals surface area contributed by atoms with Crippen molar-refractivity contribution >= 4 is 17.6 Å². The van der Waals surface area contributed by atoms with Crippen LogP contribution in [-0.4, -0.2) is 46.2 Å². The van der Waals surface area contributed by atoms with Crippen LogP contribution in [0.5, 0.6) is 0 Å². The van der Waals surface area contributed by atoms with E-state index >= 15 is 0 Å². The zero-order valence-corrected chi connectivity index (χ0v) is 15.2. The molecule has 0 radical (unpaired) electrons. The van der Waals surface area contributed by atoms with E-state index in [2.05, 4.69) is 15.6 Å². The largest absolute Gasteiger partial charge is 0.383 e. The summed E-state index contributed by atoms with van der Waals surface area (Å²) in [5.41, 5.74) is 2.92. The standard InChI is InChI=1S/C17H22ClN5O2/c1-12(13-4-3-5-14(18)10-13)19-17(24)22-7-6-16-15(11-22)20-21-23(16)8-9-25-2/h3-5,10,12H,6-9,11H2,1-2H3,(H,19,24)/t12-/m1/s1. The number of hydrogen-bond acceptors (Lipinski definition) is 4. The third-order valence-corrected chi connectivity index (χ3v) is 4.60. The number of aromatic nitrogens is 3. The number of rotatable bonds is 5. The molecule has 0 unspecified atom stereocenters. The molecule has 1 aromatic carbocycles. The fourth-order valence-electron chi connectivity index (χ4n) is 2.93. The molecule has 134 valence electrons. The first-order valence-corrected chi connectivity index (χ1v) is 8.67. The summed E-state index contributed by atoms with van der Waals surface area (Å²) in [5, 5.41) is 12.0. The Balaban J connectivity index is 1.61. The predicted molar refractivity (Wildman–Crippen MR) is 94.4 cm³/mol. The molecule has 0 fully saturated rings. The van der Waals surface area contributed by atoms with Gasteiger partial charge in [-0.3, -0.25) is 0 Å². The van der Waals surface area contributed by atoms with E-state index in [0.29, 0.717) is 31.3 Å². The maximum absolute atomic E-state index is 12.6. The molecule has 1 N–H and O–H groups in total. The molecule has 2 heterocycles. The quantitative estimate of drug-likeness (QED) is 0.885. The van der Waals surface area contributed by atoms with Crippen LogP contribution in [0.25, 0.3) is 0 Å². The van der Waals surface area contributed by atoms with Crippen molar-refractivity contribution in [3.8, 4) is 0 Å². The number of nitrogens with zero attached hydrogens (tertiary/aromatic N) is 4. The molecule has 1 aliphatic heterocycles. The molecule has 0 aliphatic carbocycles. The van der Waals surface area contributed by atoms with Crippen LogP contribution >= 0.6 is 11.6 Å². The smallest absolute Gasteiger partial charge is 0.318 e. The topological polar surface area (TPSA) is 72.3 Å². The van der Waals surface area contributed by atoms with E-state index < -0.39 is 0 Å². The second-order valence-electron chi connectivity index (χ2n) is 6.10. The number of urea groups is 1. The number of carbonyl (C=O) groups is 1. The number of fused-ring (bicyclic) bond motifs is 1. The second-order valence-corrected chi connectivity index (χ2v) is 6.53. The summed E-state index contributed by atoms with van der Waals surface area (Å²) in [6, 6.07) is 7.29. The van der Waals surface area contributed by atoms with Crippen LogP contribution in [0.4, 0.5) is 4.79 Å². The minimum absolute atomic E-state index is 0.107. The van der Waals surface area contributed by atoms with Crippen molar-refractivity contribution in [2.45, 2.75) is 32.5 Å². The highest BCUT2D eigenvalue weighted by molar-refractivity contribution is 6.30. The van der Waals surface area contributed by atoms with Crippen molar-refractivity contribution in [3.63, 3.8) is 0 Å². The molecule has 0 spiro atoms. The van der Waals surface area contributed by atoms with Gasteiger partial charge in [-0.1, -0.05) is 28.9 Å². The molecule has 3 rings (SSSR count). The minimum atomic E-state index is -0.120. The average Bonchev–Trinajstić information content (AvgIpc) is 3.02. The van der Waals surface area contributed by atoms with Crippen molar-refractivity contribution < 1.29 is 9.53 Å². The average molecular weight is 364 g/mol. The Bertz CT molecular complexity index is 748. The van der Waals surface area contributed by atoms with Crippen molar-refractivity contribution in [2.24, 2.45) is 0 Å². The van der Waals surface area contributed by atoms with E-state index in [-0.39, 0.29) is 12.1 Å². The second kappa shape index (κ2) is 7.84. The zero-order valence-electron chi connectivity index (χ0n) is 14.4. The van der Waals surface area contributed by atoms with E-state index in [9.17, 15) is 4.79 Å². The predicted octanol–water partition coefficient (Wildman–Crippen LogP) is 2.41. The Morgan fingerprint density at radius 2 is 2.32 bits per heavy atom. The van der Waals surface area contributed by atoms with Gasteiger partial charge in [-0.2, -0.15) is 0 Å².